The Bertz CT molecular complexity index is 1820. The molecule has 0 saturated heterocycles. The number of nitrogens with one attached hydrogen (secondary N) is 1. The number of carbonyl (C=O) groups is 2. The zero-order chi connectivity index (χ0) is 33.6. The monoisotopic (exact) mass is 695 g/mol. The fourth-order valence-electron chi connectivity index (χ4n) is 5.77. The number of rotatable bonds is 12. The van der Waals surface area contributed by atoms with Crippen LogP contribution in [0.5, 0.6) is 0 Å². The van der Waals surface area contributed by atoms with Crippen molar-refractivity contribution in [3.05, 3.63) is 130 Å². The molecular weight excluding hydrogens is 660 g/mol. The van der Waals surface area contributed by atoms with E-state index in [9.17, 15) is 18.0 Å². The van der Waals surface area contributed by atoms with Crippen LogP contribution in [0.25, 0.3) is 0 Å². The lowest BCUT2D eigenvalue weighted by molar-refractivity contribution is -0.140. The van der Waals surface area contributed by atoms with Crippen LogP contribution in [-0.2, 0) is 32.6 Å². The van der Waals surface area contributed by atoms with Gasteiger partial charge in [0.25, 0.3) is 10.0 Å². The molecule has 0 aromatic heterocycles. The molecule has 246 valence electrons. The molecule has 0 aliphatic heterocycles. The third kappa shape index (κ3) is 8.33. The Hall–Kier alpha value is -3.92. The summed E-state index contributed by atoms with van der Waals surface area (Å²) in [7, 11) is -4.38. The molecule has 1 aliphatic rings. The van der Waals surface area contributed by atoms with Gasteiger partial charge >= 0.3 is 0 Å². The summed E-state index contributed by atoms with van der Waals surface area (Å²) in [5.41, 5.74) is 1.81. The van der Waals surface area contributed by atoms with Gasteiger partial charge in [-0.05, 0) is 55.7 Å². The van der Waals surface area contributed by atoms with Crippen molar-refractivity contribution in [3.63, 3.8) is 0 Å². The second-order valence-corrected chi connectivity index (χ2v) is 14.4. The molecule has 4 aromatic rings. The molecule has 0 heterocycles. The van der Waals surface area contributed by atoms with Gasteiger partial charge in [-0.3, -0.25) is 13.9 Å². The highest BCUT2D eigenvalue weighted by Gasteiger charge is 2.36. The van der Waals surface area contributed by atoms with Gasteiger partial charge in [0.2, 0.25) is 11.8 Å². The molecule has 7 nitrogen and oxygen atoms in total. The highest BCUT2D eigenvalue weighted by Crippen LogP contribution is 2.36. The van der Waals surface area contributed by atoms with Gasteiger partial charge in [0, 0.05) is 24.6 Å². The summed E-state index contributed by atoms with van der Waals surface area (Å²) in [6, 6.07) is 24.8. The van der Waals surface area contributed by atoms with Gasteiger partial charge in [-0.25, -0.2) is 12.8 Å². The van der Waals surface area contributed by atoms with Gasteiger partial charge in [-0.1, -0.05) is 108 Å². The number of hydrogen-bond donors (Lipinski definition) is 1. The van der Waals surface area contributed by atoms with Crippen LogP contribution in [0.1, 0.15) is 42.4 Å². The van der Waals surface area contributed by atoms with Crippen LogP contribution in [0.4, 0.5) is 10.1 Å². The van der Waals surface area contributed by atoms with Crippen molar-refractivity contribution >= 4 is 50.7 Å². The third-order valence-corrected chi connectivity index (χ3v) is 10.9. The van der Waals surface area contributed by atoms with Crippen LogP contribution < -0.4 is 9.62 Å². The normalized spacial score (nSPS) is 14.0. The predicted molar refractivity (Wildman–Crippen MR) is 183 cm³/mol. The number of halogens is 3. The number of benzene rings is 4. The quantitative estimate of drug-likeness (QED) is 0.168. The second-order valence-electron chi connectivity index (χ2n) is 11.7. The third-order valence-electron chi connectivity index (χ3n) is 8.36. The molecule has 1 N–H and O–H groups in total. The lowest BCUT2D eigenvalue weighted by Crippen LogP contribution is -2.54. The van der Waals surface area contributed by atoms with E-state index in [0.29, 0.717) is 0 Å². The van der Waals surface area contributed by atoms with Crippen molar-refractivity contribution in [2.45, 2.75) is 62.6 Å². The Morgan fingerprint density at radius 3 is 2.23 bits per heavy atom. The van der Waals surface area contributed by atoms with E-state index in [2.05, 4.69) is 5.32 Å². The average molecular weight is 697 g/mol. The number of amides is 2. The number of carbonyl (C=O) groups excluding carboxylic acids is 2. The first-order valence-corrected chi connectivity index (χ1v) is 17.6. The second kappa shape index (κ2) is 15.3. The van der Waals surface area contributed by atoms with E-state index in [1.54, 1.807) is 24.3 Å². The van der Waals surface area contributed by atoms with E-state index in [1.807, 2.05) is 37.3 Å². The first-order chi connectivity index (χ1) is 22.5. The van der Waals surface area contributed by atoms with Gasteiger partial charge in [0.05, 0.1) is 20.6 Å². The molecule has 0 radical (unpaired) electrons. The van der Waals surface area contributed by atoms with Crippen LogP contribution in [0, 0.1) is 12.7 Å². The van der Waals surface area contributed by atoms with Crippen LogP contribution >= 0.6 is 23.2 Å². The molecular formula is C36H36Cl2FN3O4S. The molecule has 47 heavy (non-hydrogen) atoms. The van der Waals surface area contributed by atoms with Gasteiger partial charge in [-0.15, -0.1) is 0 Å². The predicted octanol–water partition coefficient (Wildman–Crippen LogP) is 7.34. The molecule has 2 amide bonds. The summed E-state index contributed by atoms with van der Waals surface area (Å²) >= 11 is 12.9. The van der Waals surface area contributed by atoms with Crippen molar-refractivity contribution in [3.8, 4) is 0 Å². The highest BCUT2D eigenvalue weighted by atomic mass is 35.5. The van der Waals surface area contributed by atoms with Gasteiger partial charge in [0.15, 0.2) is 0 Å². The number of aryl methyl sites for hydroxylation is 1. The fourth-order valence-corrected chi connectivity index (χ4v) is 7.64. The molecule has 5 rings (SSSR count). The van der Waals surface area contributed by atoms with Gasteiger partial charge < -0.3 is 10.2 Å². The maximum absolute atomic E-state index is 15.1. The molecule has 1 fully saturated rings. The van der Waals surface area contributed by atoms with Crippen molar-refractivity contribution in [1.82, 2.24) is 10.2 Å². The molecule has 0 unspecified atom stereocenters. The van der Waals surface area contributed by atoms with Gasteiger partial charge in [-0.2, -0.15) is 0 Å². The van der Waals surface area contributed by atoms with E-state index >= 15 is 4.39 Å². The Morgan fingerprint density at radius 2 is 1.55 bits per heavy atom. The maximum Gasteiger partial charge on any atom is 0.264 e. The van der Waals surface area contributed by atoms with Crippen molar-refractivity contribution in [2.24, 2.45) is 0 Å². The minimum absolute atomic E-state index is 0.00560. The van der Waals surface area contributed by atoms with E-state index in [0.717, 1.165) is 41.1 Å². The van der Waals surface area contributed by atoms with E-state index in [-0.39, 0.29) is 51.1 Å². The summed E-state index contributed by atoms with van der Waals surface area (Å²) in [4.78, 5) is 29.9. The lowest BCUT2D eigenvalue weighted by atomic mass is 10.0. The van der Waals surface area contributed by atoms with E-state index < -0.39 is 34.3 Å². The Balaban J connectivity index is 1.60. The molecule has 11 heteroatoms. The number of sulfonamides is 1. The first-order valence-electron chi connectivity index (χ1n) is 15.4. The summed E-state index contributed by atoms with van der Waals surface area (Å²) in [6.07, 6.45) is 3.74. The smallest absolute Gasteiger partial charge is 0.264 e. The highest BCUT2D eigenvalue weighted by molar-refractivity contribution is 7.92. The molecule has 1 saturated carbocycles. The first kappa shape index (κ1) is 34.4. The lowest BCUT2D eigenvalue weighted by Gasteiger charge is -2.34. The largest absolute Gasteiger partial charge is 0.352 e. The SMILES string of the molecule is Cc1ccc(S(=O)(=O)N(CC(=O)N(Cc2ccccc2F)[C@H](Cc2ccccc2)C(=O)NC2CCCC2)c2cccc(Cl)c2Cl)cc1. The minimum atomic E-state index is -4.38. The molecule has 0 spiro atoms. The maximum atomic E-state index is 15.1. The zero-order valence-electron chi connectivity index (χ0n) is 25.9. The van der Waals surface area contributed by atoms with E-state index in [1.165, 1.54) is 47.4 Å². The molecule has 4 aromatic carbocycles. The topological polar surface area (TPSA) is 86.8 Å². The van der Waals surface area contributed by atoms with Crippen molar-refractivity contribution in [2.75, 3.05) is 10.8 Å². The van der Waals surface area contributed by atoms with Crippen LogP contribution in [0.2, 0.25) is 10.0 Å². The summed E-state index contributed by atoms with van der Waals surface area (Å²) in [6.45, 7) is 0.825. The Morgan fingerprint density at radius 1 is 0.894 bits per heavy atom. The number of nitrogens with zero attached hydrogens (tertiary/aromatic N) is 2. The molecule has 1 aliphatic carbocycles. The van der Waals surface area contributed by atoms with Crippen LogP contribution in [0.3, 0.4) is 0 Å². The number of anilines is 1. The van der Waals surface area contributed by atoms with Gasteiger partial charge in [0.1, 0.15) is 18.4 Å². The fraction of sp³-hybridized carbons (Fsp3) is 0.278. The Labute approximate surface area is 285 Å². The van der Waals surface area contributed by atoms with Crippen LogP contribution in [0.15, 0.2) is 102 Å². The zero-order valence-corrected chi connectivity index (χ0v) is 28.2. The molecule has 1 atom stereocenters. The van der Waals surface area contributed by atoms with Crippen molar-refractivity contribution < 1.29 is 22.4 Å². The Kier molecular flexibility index (Phi) is 11.2. The molecule has 0 bridgehead atoms. The van der Waals surface area contributed by atoms with E-state index in [4.69, 9.17) is 23.2 Å². The average Bonchev–Trinajstić information content (AvgIpc) is 3.57. The number of hydrogen-bond acceptors (Lipinski definition) is 4. The summed E-state index contributed by atoms with van der Waals surface area (Å²) in [5, 5.41) is 3.14. The van der Waals surface area contributed by atoms with Crippen LogP contribution in [-0.4, -0.2) is 43.8 Å². The summed E-state index contributed by atoms with van der Waals surface area (Å²) in [5.74, 6) is -1.66. The van der Waals surface area contributed by atoms with Crippen molar-refractivity contribution in [1.29, 1.82) is 0 Å². The standard InChI is InChI=1S/C36H36Cl2FN3O4S/c1-25-18-20-29(21-19-25)47(45,46)42(32-17-9-15-30(37)35(32)38)24-34(43)41(23-27-12-5-8-16-31(27)39)33(22-26-10-3-2-4-11-26)36(44)40-28-13-6-7-14-28/h2-5,8-12,15-21,28,33H,6-7,13-14,22-24H2,1H3,(H,40,44)/t33-/m1/s1. The minimum Gasteiger partial charge on any atom is -0.352 e. The summed E-state index contributed by atoms with van der Waals surface area (Å²) < 4.78 is 44.5.